The van der Waals surface area contributed by atoms with Crippen LogP contribution in [0.2, 0.25) is 10.0 Å². The number of nitrogens with zero attached hydrogens (tertiary/aromatic N) is 5. The van der Waals surface area contributed by atoms with E-state index in [1.807, 2.05) is 58.0 Å². The quantitative estimate of drug-likeness (QED) is 0.157. The predicted molar refractivity (Wildman–Crippen MR) is 197 cm³/mol. The summed E-state index contributed by atoms with van der Waals surface area (Å²) >= 11 is 13.4. The summed E-state index contributed by atoms with van der Waals surface area (Å²) in [6.07, 6.45) is 4.21. The molecule has 4 heterocycles. The van der Waals surface area contributed by atoms with E-state index in [1.54, 1.807) is 23.4 Å². The molecular weight excluding hydrogens is 673 g/mol. The summed E-state index contributed by atoms with van der Waals surface area (Å²) in [5.41, 5.74) is 8.56. The average Bonchev–Trinajstić information content (AvgIpc) is 3.42. The molecule has 0 fully saturated rings. The van der Waals surface area contributed by atoms with Crippen molar-refractivity contribution >= 4 is 62.6 Å². The maximum Gasteiger partial charge on any atom is 0.336 e. The van der Waals surface area contributed by atoms with Crippen LogP contribution in [0, 0.1) is 27.7 Å². The summed E-state index contributed by atoms with van der Waals surface area (Å²) in [6, 6.07) is 14.3. The molecule has 50 heavy (non-hydrogen) atoms. The van der Waals surface area contributed by atoms with Gasteiger partial charge in [-0.3, -0.25) is 9.78 Å². The Labute approximate surface area is 299 Å². The molecule has 0 radical (unpaired) electrons. The number of carboxylic acid groups (broad SMARTS) is 1. The Kier molecular flexibility index (Phi) is 8.74. The molecule has 0 saturated heterocycles. The summed E-state index contributed by atoms with van der Waals surface area (Å²) in [4.78, 5) is 42.2. The highest BCUT2D eigenvalue weighted by Crippen LogP contribution is 2.45. The number of aromatic nitrogens is 4. The van der Waals surface area contributed by atoms with Gasteiger partial charge in [-0.15, -0.1) is 0 Å². The van der Waals surface area contributed by atoms with Crippen molar-refractivity contribution in [3.8, 4) is 16.9 Å². The van der Waals surface area contributed by atoms with Gasteiger partial charge >= 0.3 is 5.97 Å². The maximum atomic E-state index is 14.9. The number of para-hydroxylation sites is 1. The van der Waals surface area contributed by atoms with Gasteiger partial charge in [0.2, 0.25) is 0 Å². The fourth-order valence-corrected chi connectivity index (χ4v) is 7.68. The molecule has 11 heteroatoms. The highest BCUT2D eigenvalue weighted by Gasteiger charge is 2.37. The van der Waals surface area contributed by atoms with E-state index in [4.69, 9.17) is 27.9 Å². The number of carboxylic acids is 1. The molecule has 0 saturated carbocycles. The van der Waals surface area contributed by atoms with Crippen molar-refractivity contribution in [2.24, 2.45) is 0 Å². The summed E-state index contributed by atoms with van der Waals surface area (Å²) < 4.78 is 8.30. The summed E-state index contributed by atoms with van der Waals surface area (Å²) in [6.45, 7) is 10.6. The topological polar surface area (TPSA) is 110 Å². The lowest BCUT2D eigenvalue weighted by Gasteiger charge is -2.34. The Morgan fingerprint density at radius 3 is 2.38 bits per heavy atom. The van der Waals surface area contributed by atoms with E-state index in [0.29, 0.717) is 53.3 Å². The van der Waals surface area contributed by atoms with Crippen LogP contribution < -0.4 is 9.64 Å². The second kappa shape index (κ2) is 13.0. The van der Waals surface area contributed by atoms with Crippen LogP contribution in [-0.4, -0.2) is 49.7 Å². The SMILES string of the molecule is Cc1cc(OCCCc2c3n(c4c(-c5c(C)ncnc5C)c(Cl)ccc24)[C@H](C)CN(c2cccc4c(C(=O)O)ccnc24)C3=O)cc(C)c1Cl. The molecule has 9 nitrogen and oxygen atoms in total. The monoisotopic (exact) mass is 707 g/mol. The smallest absolute Gasteiger partial charge is 0.336 e. The number of amides is 1. The molecule has 254 valence electrons. The van der Waals surface area contributed by atoms with E-state index in [-0.39, 0.29) is 17.5 Å². The number of carbonyl (C=O) groups is 2. The third kappa shape index (κ3) is 5.54. The zero-order chi connectivity index (χ0) is 35.4. The normalized spacial score (nSPS) is 14.4. The Hall–Kier alpha value is -4.99. The molecule has 1 atom stereocenters. The number of ether oxygens (including phenoxy) is 1. The first kappa shape index (κ1) is 33.5. The Morgan fingerprint density at radius 2 is 1.68 bits per heavy atom. The number of hydrogen-bond donors (Lipinski definition) is 1. The number of benzene rings is 3. The average molecular weight is 709 g/mol. The Balaban J connectivity index is 1.38. The van der Waals surface area contributed by atoms with Gasteiger partial charge in [-0.25, -0.2) is 14.8 Å². The number of anilines is 1. The number of fused-ring (bicyclic) bond motifs is 4. The van der Waals surface area contributed by atoms with Gasteiger partial charge in [-0.2, -0.15) is 0 Å². The number of rotatable bonds is 8. The first-order valence-corrected chi connectivity index (χ1v) is 17.2. The molecule has 6 aromatic rings. The fraction of sp³-hybridized carbons (Fsp3) is 0.256. The van der Waals surface area contributed by atoms with Crippen molar-refractivity contribution in [1.29, 1.82) is 0 Å². The molecule has 3 aromatic carbocycles. The van der Waals surface area contributed by atoms with Gasteiger partial charge in [0.05, 0.1) is 33.9 Å². The van der Waals surface area contributed by atoms with Crippen LogP contribution in [0.5, 0.6) is 5.75 Å². The first-order valence-electron chi connectivity index (χ1n) is 16.4. The van der Waals surface area contributed by atoms with Crippen LogP contribution in [0.25, 0.3) is 32.9 Å². The summed E-state index contributed by atoms with van der Waals surface area (Å²) in [7, 11) is 0. The van der Waals surface area contributed by atoms with Crippen LogP contribution >= 0.6 is 23.2 Å². The van der Waals surface area contributed by atoms with Gasteiger partial charge in [0, 0.05) is 57.1 Å². The highest BCUT2D eigenvalue weighted by molar-refractivity contribution is 6.35. The number of aryl methyl sites for hydroxylation is 5. The van der Waals surface area contributed by atoms with Crippen molar-refractivity contribution in [1.82, 2.24) is 19.5 Å². The molecule has 0 bridgehead atoms. The van der Waals surface area contributed by atoms with Gasteiger partial charge in [0.25, 0.3) is 5.91 Å². The van der Waals surface area contributed by atoms with Crippen LogP contribution in [0.15, 0.2) is 61.1 Å². The van der Waals surface area contributed by atoms with Crippen LogP contribution in [0.4, 0.5) is 5.69 Å². The van der Waals surface area contributed by atoms with Crippen molar-refractivity contribution in [2.75, 3.05) is 18.1 Å². The van der Waals surface area contributed by atoms with E-state index in [1.165, 1.54) is 12.3 Å². The maximum absolute atomic E-state index is 14.9. The number of aromatic carboxylic acids is 1. The third-order valence-corrected chi connectivity index (χ3v) is 10.5. The Bertz CT molecular complexity index is 2330. The number of carbonyl (C=O) groups excluding carboxylic acids is 1. The van der Waals surface area contributed by atoms with Crippen molar-refractivity contribution in [3.63, 3.8) is 0 Å². The standard InChI is InChI=1S/C39H35Cl2N5O4/c1-20-16-25(17-21(2)34(20)41)50-15-7-9-27-28-11-12-30(40)33(32-23(4)43-19-44-24(32)5)36(28)46-22(3)18-45(38(47)37(27)46)31-10-6-8-26-29(39(48)49)13-14-42-35(26)31/h6,8,10-14,16-17,19,22H,7,9,15,18H2,1-5H3,(H,48,49)/t22-/m1/s1. The minimum Gasteiger partial charge on any atom is -0.494 e. The molecule has 0 unspecified atom stereocenters. The van der Waals surface area contributed by atoms with Gasteiger partial charge in [0.1, 0.15) is 17.8 Å². The fourth-order valence-electron chi connectivity index (χ4n) is 7.32. The van der Waals surface area contributed by atoms with Gasteiger partial charge < -0.3 is 19.3 Å². The summed E-state index contributed by atoms with van der Waals surface area (Å²) in [5, 5.41) is 12.5. The lowest BCUT2D eigenvalue weighted by molar-refractivity contribution is 0.0698. The second-order valence-corrected chi connectivity index (χ2v) is 13.6. The predicted octanol–water partition coefficient (Wildman–Crippen LogP) is 9.12. The van der Waals surface area contributed by atoms with E-state index in [9.17, 15) is 14.7 Å². The van der Waals surface area contributed by atoms with Crippen LogP contribution in [0.3, 0.4) is 0 Å². The molecule has 7 rings (SSSR count). The van der Waals surface area contributed by atoms with E-state index < -0.39 is 5.97 Å². The highest BCUT2D eigenvalue weighted by atomic mass is 35.5. The zero-order valence-corrected chi connectivity index (χ0v) is 29.9. The van der Waals surface area contributed by atoms with Gasteiger partial charge in [-0.1, -0.05) is 41.4 Å². The number of pyridine rings is 1. The first-order chi connectivity index (χ1) is 24.0. The minimum atomic E-state index is -1.05. The minimum absolute atomic E-state index is 0.130. The molecule has 1 amide bonds. The molecule has 1 aliphatic heterocycles. The zero-order valence-electron chi connectivity index (χ0n) is 28.3. The molecule has 1 aliphatic rings. The van der Waals surface area contributed by atoms with Gasteiger partial charge in [0.15, 0.2) is 0 Å². The van der Waals surface area contributed by atoms with E-state index >= 15 is 0 Å². The van der Waals surface area contributed by atoms with Crippen LogP contribution in [0.1, 0.15) is 68.3 Å². The summed E-state index contributed by atoms with van der Waals surface area (Å²) in [5.74, 6) is -0.507. The molecule has 0 aliphatic carbocycles. The molecule has 3 aromatic heterocycles. The molecule has 0 spiro atoms. The number of hydrogen-bond acceptors (Lipinski definition) is 6. The lowest BCUT2D eigenvalue weighted by Crippen LogP contribution is -2.43. The largest absolute Gasteiger partial charge is 0.494 e. The van der Waals surface area contributed by atoms with Crippen molar-refractivity contribution < 1.29 is 19.4 Å². The second-order valence-electron chi connectivity index (χ2n) is 12.9. The third-order valence-electron chi connectivity index (χ3n) is 9.55. The van der Waals surface area contributed by atoms with E-state index in [2.05, 4.69) is 26.4 Å². The lowest BCUT2D eigenvalue weighted by atomic mass is 9.97. The molecule has 1 N–H and O–H groups in total. The van der Waals surface area contributed by atoms with Gasteiger partial charge in [-0.05, 0) is 94.5 Å². The molecular formula is C39H35Cl2N5O4. The van der Waals surface area contributed by atoms with E-state index in [0.717, 1.165) is 60.9 Å². The number of halogens is 2. The van der Waals surface area contributed by atoms with Crippen molar-refractivity contribution in [2.45, 2.75) is 53.5 Å². The Morgan fingerprint density at radius 1 is 0.960 bits per heavy atom. The van der Waals surface area contributed by atoms with Crippen molar-refractivity contribution in [3.05, 3.63) is 110 Å². The van der Waals surface area contributed by atoms with Crippen LogP contribution in [-0.2, 0) is 6.42 Å².